The van der Waals surface area contributed by atoms with Gasteiger partial charge in [0.25, 0.3) is 0 Å². The van der Waals surface area contributed by atoms with Gasteiger partial charge in [0.2, 0.25) is 0 Å². The largest absolute Gasteiger partial charge is 0.299 e. The zero-order valence-electron chi connectivity index (χ0n) is 5.96. The Bertz CT molecular complexity index is 238. The van der Waals surface area contributed by atoms with Crippen molar-refractivity contribution in [3.05, 3.63) is 47.2 Å². The third-order valence-electron chi connectivity index (χ3n) is 1.36. The predicted octanol–water partition coefficient (Wildman–Crippen LogP) is 2.83. The maximum atomic E-state index is 9.96. The molecule has 11 heavy (non-hydrogen) atoms. The highest BCUT2D eigenvalue weighted by molar-refractivity contribution is 6.30. The van der Waals surface area contributed by atoms with Gasteiger partial charge in [-0.15, -0.1) is 0 Å². The Morgan fingerprint density at radius 2 is 1.91 bits per heavy atom. The van der Waals surface area contributed by atoms with E-state index in [1.54, 1.807) is 6.08 Å². The van der Waals surface area contributed by atoms with Crippen LogP contribution < -0.4 is 0 Å². The predicted molar refractivity (Wildman–Crippen MR) is 45.0 cm³/mol. The van der Waals surface area contributed by atoms with Gasteiger partial charge in [0, 0.05) is 5.02 Å². The van der Waals surface area contributed by atoms with E-state index in [0.29, 0.717) is 6.42 Å². The van der Waals surface area contributed by atoms with E-state index in [9.17, 15) is 5.11 Å². The van der Waals surface area contributed by atoms with Crippen molar-refractivity contribution in [3.8, 4) is 0 Å². The Balaban J connectivity index is 2.66. The Morgan fingerprint density at radius 3 is 2.45 bits per heavy atom. The van der Waals surface area contributed by atoms with Crippen LogP contribution in [0.1, 0.15) is 5.56 Å². The van der Waals surface area contributed by atoms with Crippen LogP contribution in [0.5, 0.6) is 0 Å². The van der Waals surface area contributed by atoms with Crippen molar-refractivity contribution in [2.75, 3.05) is 0 Å². The summed E-state index contributed by atoms with van der Waals surface area (Å²) in [4.78, 5) is 0. The first-order chi connectivity index (χ1) is 5.33. The lowest BCUT2D eigenvalue weighted by Crippen LogP contribution is -1.78. The normalized spacial score (nSPS) is 10.6. The standard InChI is InChI=1S/C9H8ClO/c10-9-5-3-8(4-6-9)2-1-7-11/h1,3-7H,2H2. The maximum Gasteiger partial charge on any atom is 0.139 e. The molecular weight excluding hydrogens is 160 g/mol. The SMILES string of the molecule is [O]C=CCc1ccc(Cl)cc1. The molecule has 0 aromatic heterocycles. The topological polar surface area (TPSA) is 19.9 Å². The first-order valence-electron chi connectivity index (χ1n) is 3.34. The zero-order chi connectivity index (χ0) is 8.10. The molecule has 0 unspecified atom stereocenters. The van der Waals surface area contributed by atoms with Crippen molar-refractivity contribution in [3.63, 3.8) is 0 Å². The van der Waals surface area contributed by atoms with E-state index in [-0.39, 0.29) is 0 Å². The van der Waals surface area contributed by atoms with Crippen molar-refractivity contribution in [2.45, 2.75) is 6.42 Å². The Morgan fingerprint density at radius 1 is 1.27 bits per heavy atom. The van der Waals surface area contributed by atoms with E-state index >= 15 is 0 Å². The van der Waals surface area contributed by atoms with Crippen molar-refractivity contribution in [2.24, 2.45) is 0 Å². The molecule has 0 fully saturated rings. The average Bonchev–Trinajstić information content (AvgIpc) is 2.04. The third-order valence-corrected chi connectivity index (χ3v) is 1.62. The maximum absolute atomic E-state index is 9.96. The van der Waals surface area contributed by atoms with Crippen LogP contribution in [-0.4, -0.2) is 0 Å². The van der Waals surface area contributed by atoms with Gasteiger partial charge in [0.1, 0.15) is 6.26 Å². The molecule has 2 heteroatoms. The molecule has 0 amide bonds. The minimum atomic E-state index is 0.681. The highest BCUT2D eigenvalue weighted by Crippen LogP contribution is 2.09. The fourth-order valence-corrected chi connectivity index (χ4v) is 0.931. The molecule has 0 saturated heterocycles. The Labute approximate surface area is 70.9 Å². The van der Waals surface area contributed by atoms with Crippen LogP contribution in [0.3, 0.4) is 0 Å². The minimum absolute atomic E-state index is 0.681. The third kappa shape index (κ3) is 2.64. The first kappa shape index (κ1) is 8.15. The molecule has 1 nitrogen and oxygen atoms in total. The van der Waals surface area contributed by atoms with E-state index in [1.807, 2.05) is 24.3 Å². The summed E-state index contributed by atoms with van der Waals surface area (Å²) in [5.41, 5.74) is 1.10. The van der Waals surface area contributed by atoms with Gasteiger partial charge in [-0.25, -0.2) is 0 Å². The van der Waals surface area contributed by atoms with Crippen molar-refractivity contribution < 1.29 is 5.11 Å². The highest BCUT2D eigenvalue weighted by atomic mass is 35.5. The van der Waals surface area contributed by atoms with Gasteiger partial charge in [0.05, 0.1) is 0 Å². The Kier molecular flexibility index (Phi) is 2.99. The molecule has 1 radical (unpaired) electrons. The molecule has 0 bridgehead atoms. The lowest BCUT2D eigenvalue weighted by molar-refractivity contribution is 0.350. The summed E-state index contributed by atoms with van der Waals surface area (Å²) in [7, 11) is 0. The molecule has 0 aliphatic carbocycles. The van der Waals surface area contributed by atoms with Gasteiger partial charge < -0.3 is 0 Å². The molecule has 0 saturated carbocycles. The summed E-state index contributed by atoms with van der Waals surface area (Å²) >= 11 is 5.67. The highest BCUT2D eigenvalue weighted by Gasteiger charge is 1.88. The summed E-state index contributed by atoms with van der Waals surface area (Å²) in [6.07, 6.45) is 3.05. The number of benzene rings is 1. The van der Waals surface area contributed by atoms with Crippen molar-refractivity contribution >= 4 is 11.6 Å². The number of halogens is 1. The molecule has 0 spiro atoms. The van der Waals surface area contributed by atoms with Gasteiger partial charge in [-0.1, -0.05) is 23.7 Å². The van der Waals surface area contributed by atoms with Gasteiger partial charge in [-0.05, 0) is 30.2 Å². The molecule has 1 aromatic rings. The second-order valence-electron chi connectivity index (χ2n) is 2.20. The molecule has 0 N–H and O–H groups in total. The molecular formula is C9H8ClO. The van der Waals surface area contributed by atoms with E-state index in [0.717, 1.165) is 16.8 Å². The van der Waals surface area contributed by atoms with Crippen molar-refractivity contribution in [1.82, 2.24) is 0 Å². The smallest absolute Gasteiger partial charge is 0.139 e. The van der Waals surface area contributed by atoms with Crippen LogP contribution in [0.4, 0.5) is 0 Å². The molecule has 0 aliphatic heterocycles. The second kappa shape index (κ2) is 4.04. The van der Waals surface area contributed by atoms with Crippen LogP contribution in [0, 0.1) is 0 Å². The monoisotopic (exact) mass is 167 g/mol. The minimum Gasteiger partial charge on any atom is -0.299 e. The van der Waals surface area contributed by atoms with E-state index in [4.69, 9.17) is 11.6 Å². The lowest BCUT2D eigenvalue weighted by atomic mass is 10.1. The van der Waals surface area contributed by atoms with Gasteiger partial charge in [-0.2, -0.15) is 0 Å². The zero-order valence-corrected chi connectivity index (χ0v) is 6.71. The van der Waals surface area contributed by atoms with E-state index in [1.165, 1.54) is 0 Å². The number of rotatable bonds is 2. The van der Waals surface area contributed by atoms with Gasteiger partial charge in [-0.3, -0.25) is 5.11 Å². The quantitative estimate of drug-likeness (QED) is 0.604. The fraction of sp³-hybridized carbons (Fsp3) is 0.111. The van der Waals surface area contributed by atoms with Crippen LogP contribution >= 0.6 is 11.6 Å². The molecule has 0 aliphatic rings. The van der Waals surface area contributed by atoms with Crippen LogP contribution in [0.2, 0.25) is 5.02 Å². The molecule has 57 valence electrons. The van der Waals surface area contributed by atoms with Gasteiger partial charge >= 0.3 is 0 Å². The molecule has 0 atom stereocenters. The second-order valence-corrected chi connectivity index (χ2v) is 2.64. The van der Waals surface area contributed by atoms with Gasteiger partial charge in [0.15, 0.2) is 0 Å². The molecule has 0 heterocycles. The van der Waals surface area contributed by atoms with E-state index in [2.05, 4.69) is 0 Å². The molecule has 1 rings (SSSR count). The summed E-state index contributed by atoms with van der Waals surface area (Å²) in [5, 5.41) is 10.7. The fourth-order valence-electron chi connectivity index (χ4n) is 0.805. The Hall–Kier alpha value is -0.950. The number of allylic oxidation sites excluding steroid dienone is 1. The summed E-state index contributed by atoms with van der Waals surface area (Å²) in [6.45, 7) is 0. The van der Waals surface area contributed by atoms with Crippen molar-refractivity contribution in [1.29, 1.82) is 0 Å². The molecule has 1 aromatic carbocycles. The van der Waals surface area contributed by atoms with Crippen LogP contribution in [0.15, 0.2) is 36.6 Å². The van der Waals surface area contributed by atoms with Crippen LogP contribution in [-0.2, 0) is 11.5 Å². The summed E-state index contributed by atoms with van der Waals surface area (Å²) in [6, 6.07) is 7.44. The summed E-state index contributed by atoms with van der Waals surface area (Å²) < 4.78 is 0. The summed E-state index contributed by atoms with van der Waals surface area (Å²) in [5.74, 6) is 0. The van der Waals surface area contributed by atoms with Crippen LogP contribution in [0.25, 0.3) is 0 Å². The number of hydrogen-bond acceptors (Lipinski definition) is 0. The lowest BCUT2D eigenvalue weighted by Gasteiger charge is -1.94. The first-order valence-corrected chi connectivity index (χ1v) is 3.72. The average molecular weight is 168 g/mol. The number of hydrogen-bond donors (Lipinski definition) is 0. The van der Waals surface area contributed by atoms with E-state index < -0.39 is 0 Å².